The second-order valence-electron chi connectivity index (χ2n) is 3.93. The second kappa shape index (κ2) is 5.74. The lowest BCUT2D eigenvalue weighted by atomic mass is 10.2. The lowest BCUT2D eigenvalue weighted by Gasteiger charge is -2.32. The Hall–Kier alpha value is -1.47. The number of likely N-dealkylation sites (N-methyl/N-ethyl adjacent to an activating group) is 1. The fourth-order valence-electron chi connectivity index (χ4n) is 1.79. The monoisotopic (exact) mass is 238 g/mol. The van der Waals surface area contributed by atoms with Crippen LogP contribution in [0.2, 0.25) is 0 Å². The Morgan fingerprint density at radius 2 is 2.47 bits per heavy atom. The van der Waals surface area contributed by atoms with Crippen molar-refractivity contribution in [2.75, 3.05) is 43.8 Å². The van der Waals surface area contributed by atoms with Crippen LogP contribution in [0.3, 0.4) is 0 Å². The van der Waals surface area contributed by atoms with Crippen molar-refractivity contribution >= 4 is 11.9 Å². The van der Waals surface area contributed by atoms with Crippen LogP contribution in [0.15, 0.2) is 6.33 Å². The summed E-state index contributed by atoms with van der Waals surface area (Å²) in [5.74, 6) is 0.719. The molecular formula is C10H18N6O. The number of anilines is 2. The highest BCUT2D eigenvalue weighted by Crippen LogP contribution is 2.06. The maximum atomic E-state index is 5.66. The van der Waals surface area contributed by atoms with Gasteiger partial charge in [-0.2, -0.15) is 4.98 Å². The van der Waals surface area contributed by atoms with Gasteiger partial charge in [0.1, 0.15) is 6.33 Å². The molecule has 1 saturated heterocycles. The Morgan fingerprint density at radius 1 is 1.59 bits per heavy atom. The molecule has 0 bridgehead atoms. The third-order valence-electron chi connectivity index (χ3n) is 2.75. The topological polar surface area (TPSA) is 89.2 Å². The maximum Gasteiger partial charge on any atom is 0.227 e. The largest absolute Gasteiger partial charge is 0.374 e. The lowest BCUT2D eigenvalue weighted by molar-refractivity contribution is -0.0192. The highest BCUT2D eigenvalue weighted by molar-refractivity contribution is 5.28. The molecule has 0 amide bonds. The first-order valence-electron chi connectivity index (χ1n) is 5.80. The summed E-state index contributed by atoms with van der Waals surface area (Å²) in [5, 5.41) is 3.11. The molecule has 0 spiro atoms. The van der Waals surface area contributed by atoms with E-state index in [0.29, 0.717) is 12.5 Å². The van der Waals surface area contributed by atoms with Gasteiger partial charge in [-0.15, -0.1) is 0 Å². The summed E-state index contributed by atoms with van der Waals surface area (Å²) >= 11 is 0. The van der Waals surface area contributed by atoms with E-state index in [-0.39, 0.29) is 12.1 Å². The standard InChI is InChI=1S/C10H18N6O/c1-2-16-3-4-17-8(6-16)5-12-10-14-7-13-9(11)15-10/h7-8H,2-6H2,1H3,(H3,11,12,13,14,15). The molecule has 1 aliphatic rings. The van der Waals surface area contributed by atoms with Crippen molar-refractivity contribution in [2.24, 2.45) is 0 Å². The van der Waals surface area contributed by atoms with Crippen LogP contribution in [0.1, 0.15) is 6.92 Å². The van der Waals surface area contributed by atoms with E-state index in [2.05, 4.69) is 32.1 Å². The normalized spacial score (nSPS) is 21.4. The van der Waals surface area contributed by atoms with E-state index in [1.54, 1.807) is 0 Å². The molecule has 7 nitrogen and oxygen atoms in total. The first-order chi connectivity index (χ1) is 8.28. The number of rotatable bonds is 4. The minimum absolute atomic E-state index is 0.168. The van der Waals surface area contributed by atoms with Crippen molar-refractivity contribution < 1.29 is 4.74 Å². The van der Waals surface area contributed by atoms with Gasteiger partial charge in [0.15, 0.2) is 0 Å². The fraction of sp³-hybridized carbons (Fsp3) is 0.700. The summed E-state index contributed by atoms with van der Waals surface area (Å²) in [6.07, 6.45) is 1.56. The van der Waals surface area contributed by atoms with E-state index < -0.39 is 0 Å². The molecule has 2 heterocycles. The van der Waals surface area contributed by atoms with Crippen LogP contribution >= 0.6 is 0 Å². The quantitative estimate of drug-likeness (QED) is 0.736. The summed E-state index contributed by atoms with van der Waals surface area (Å²) in [4.78, 5) is 14.0. The summed E-state index contributed by atoms with van der Waals surface area (Å²) in [6, 6.07) is 0. The zero-order valence-electron chi connectivity index (χ0n) is 9.96. The minimum atomic E-state index is 0.168. The van der Waals surface area contributed by atoms with Crippen molar-refractivity contribution in [3.05, 3.63) is 6.33 Å². The van der Waals surface area contributed by atoms with Gasteiger partial charge in [0, 0.05) is 19.6 Å². The van der Waals surface area contributed by atoms with Gasteiger partial charge in [0.25, 0.3) is 0 Å². The average Bonchev–Trinajstić information content (AvgIpc) is 2.37. The SMILES string of the molecule is CCN1CCOC(CNc2ncnc(N)n2)C1. The number of nitrogen functional groups attached to an aromatic ring is 1. The second-order valence-corrected chi connectivity index (χ2v) is 3.93. The molecule has 1 aromatic rings. The van der Waals surface area contributed by atoms with Crippen molar-refractivity contribution in [2.45, 2.75) is 13.0 Å². The maximum absolute atomic E-state index is 5.66. The summed E-state index contributed by atoms with van der Waals surface area (Å²) < 4.78 is 5.66. The van der Waals surface area contributed by atoms with Crippen LogP contribution in [-0.2, 0) is 4.74 Å². The van der Waals surface area contributed by atoms with E-state index in [1.807, 2.05) is 0 Å². The lowest BCUT2D eigenvalue weighted by Crippen LogP contribution is -2.45. The van der Waals surface area contributed by atoms with E-state index in [0.717, 1.165) is 26.2 Å². The van der Waals surface area contributed by atoms with Gasteiger partial charge >= 0.3 is 0 Å². The van der Waals surface area contributed by atoms with Gasteiger partial charge in [-0.1, -0.05) is 6.92 Å². The predicted octanol–water partition coefficient (Wildman–Crippen LogP) is -0.414. The van der Waals surface area contributed by atoms with Crippen molar-refractivity contribution in [1.82, 2.24) is 19.9 Å². The van der Waals surface area contributed by atoms with Gasteiger partial charge in [0.2, 0.25) is 11.9 Å². The molecule has 94 valence electrons. The van der Waals surface area contributed by atoms with Crippen LogP contribution in [0.5, 0.6) is 0 Å². The molecule has 1 aromatic heterocycles. The number of hydrogen-bond acceptors (Lipinski definition) is 7. The number of nitrogens with two attached hydrogens (primary N) is 1. The molecule has 17 heavy (non-hydrogen) atoms. The van der Waals surface area contributed by atoms with Crippen LogP contribution in [0, 0.1) is 0 Å². The fourth-order valence-corrected chi connectivity index (χ4v) is 1.79. The van der Waals surface area contributed by atoms with Crippen LogP contribution in [-0.4, -0.2) is 58.7 Å². The van der Waals surface area contributed by atoms with Gasteiger partial charge < -0.3 is 15.8 Å². The minimum Gasteiger partial charge on any atom is -0.374 e. The van der Waals surface area contributed by atoms with Crippen molar-refractivity contribution in [1.29, 1.82) is 0 Å². The van der Waals surface area contributed by atoms with Crippen LogP contribution < -0.4 is 11.1 Å². The number of morpholine rings is 1. The molecule has 2 rings (SSSR count). The van der Waals surface area contributed by atoms with Crippen LogP contribution in [0.4, 0.5) is 11.9 Å². The van der Waals surface area contributed by atoms with Crippen molar-refractivity contribution in [3.8, 4) is 0 Å². The molecule has 1 unspecified atom stereocenters. The zero-order chi connectivity index (χ0) is 12.1. The highest BCUT2D eigenvalue weighted by Gasteiger charge is 2.19. The molecule has 1 atom stereocenters. The zero-order valence-corrected chi connectivity index (χ0v) is 9.96. The molecule has 1 fully saturated rings. The molecule has 1 aliphatic heterocycles. The third-order valence-corrected chi connectivity index (χ3v) is 2.75. The number of hydrogen-bond donors (Lipinski definition) is 2. The molecule has 0 saturated carbocycles. The van der Waals surface area contributed by atoms with Gasteiger partial charge in [-0.25, -0.2) is 9.97 Å². The number of nitrogens with one attached hydrogen (secondary N) is 1. The molecule has 7 heteroatoms. The molecule has 3 N–H and O–H groups in total. The smallest absolute Gasteiger partial charge is 0.227 e. The third kappa shape index (κ3) is 3.50. The first kappa shape index (κ1) is 12.0. The Bertz CT molecular complexity index is 360. The summed E-state index contributed by atoms with van der Waals surface area (Å²) in [6.45, 7) is 6.61. The Kier molecular flexibility index (Phi) is 4.05. The Balaban J connectivity index is 1.81. The number of ether oxygens (including phenoxy) is 1. The molecular weight excluding hydrogens is 220 g/mol. The molecule has 0 aromatic carbocycles. The van der Waals surface area contributed by atoms with E-state index >= 15 is 0 Å². The Labute approximate surface area is 100 Å². The van der Waals surface area contributed by atoms with Gasteiger partial charge in [-0.3, -0.25) is 4.90 Å². The average molecular weight is 238 g/mol. The number of aromatic nitrogens is 3. The van der Waals surface area contributed by atoms with E-state index in [1.165, 1.54) is 6.33 Å². The van der Waals surface area contributed by atoms with Crippen LogP contribution in [0.25, 0.3) is 0 Å². The summed E-state index contributed by atoms with van der Waals surface area (Å²) in [5.41, 5.74) is 5.47. The van der Waals surface area contributed by atoms with Crippen molar-refractivity contribution in [3.63, 3.8) is 0 Å². The Morgan fingerprint density at radius 3 is 3.24 bits per heavy atom. The van der Waals surface area contributed by atoms with E-state index in [9.17, 15) is 0 Å². The van der Waals surface area contributed by atoms with Gasteiger partial charge in [0.05, 0.1) is 12.7 Å². The predicted molar refractivity (Wildman–Crippen MR) is 64.6 cm³/mol. The molecule has 0 aliphatic carbocycles. The highest BCUT2D eigenvalue weighted by atomic mass is 16.5. The van der Waals surface area contributed by atoms with Gasteiger partial charge in [-0.05, 0) is 6.54 Å². The number of nitrogens with zero attached hydrogens (tertiary/aromatic N) is 4. The summed E-state index contributed by atoms with van der Waals surface area (Å²) in [7, 11) is 0. The van der Waals surface area contributed by atoms with E-state index in [4.69, 9.17) is 10.5 Å². The first-order valence-corrected chi connectivity index (χ1v) is 5.80. The molecule has 0 radical (unpaired) electrons.